The van der Waals surface area contributed by atoms with Crippen LogP contribution >= 0.6 is 0 Å². The van der Waals surface area contributed by atoms with Crippen LogP contribution in [0.4, 0.5) is 5.69 Å². The Kier molecular flexibility index (Phi) is 4.41. The van der Waals surface area contributed by atoms with Crippen molar-refractivity contribution in [2.24, 2.45) is 0 Å². The summed E-state index contributed by atoms with van der Waals surface area (Å²) in [6, 6.07) is 32.0. The molecule has 1 aromatic heterocycles. The molecule has 0 fully saturated rings. The third-order valence-electron chi connectivity index (χ3n) is 5.97. The summed E-state index contributed by atoms with van der Waals surface area (Å²) in [7, 11) is 0. The number of hydrogen-bond acceptors (Lipinski definition) is 0. The van der Waals surface area contributed by atoms with Gasteiger partial charge in [0.25, 0.3) is 0 Å². The van der Waals surface area contributed by atoms with Gasteiger partial charge in [0.2, 0.25) is 0 Å². The standard InChI is InChI=1S/C29H24N2/c1-29(2,3)22-9-7-8-20(18-22)21-12-17-26-25-10-5-6-11-27(25)31(28(26)19-21)24-15-13-23(30-4)14-16-24/h5-19H,1-3H3. The first kappa shape index (κ1) is 19.2. The normalized spacial score (nSPS) is 11.7. The van der Waals surface area contributed by atoms with Crippen molar-refractivity contribution in [1.82, 2.24) is 4.57 Å². The average Bonchev–Trinajstić information content (AvgIpc) is 3.12. The lowest BCUT2D eigenvalue weighted by Crippen LogP contribution is -2.10. The van der Waals surface area contributed by atoms with E-state index in [0.717, 1.165) is 5.69 Å². The molecule has 0 spiro atoms. The largest absolute Gasteiger partial charge is 0.309 e. The molecule has 1 heterocycles. The van der Waals surface area contributed by atoms with Gasteiger partial charge in [-0.25, -0.2) is 4.85 Å². The summed E-state index contributed by atoms with van der Waals surface area (Å²) in [5.74, 6) is 0. The van der Waals surface area contributed by atoms with Crippen LogP contribution in [0.15, 0.2) is 91.0 Å². The molecular weight excluding hydrogens is 376 g/mol. The monoisotopic (exact) mass is 400 g/mol. The van der Waals surface area contributed by atoms with Crippen LogP contribution < -0.4 is 0 Å². The summed E-state index contributed by atoms with van der Waals surface area (Å²) < 4.78 is 2.30. The van der Waals surface area contributed by atoms with Crippen LogP contribution in [-0.4, -0.2) is 4.57 Å². The highest BCUT2D eigenvalue weighted by molar-refractivity contribution is 6.10. The van der Waals surface area contributed by atoms with Crippen LogP contribution in [0.3, 0.4) is 0 Å². The van der Waals surface area contributed by atoms with Crippen molar-refractivity contribution in [2.45, 2.75) is 26.2 Å². The molecule has 0 saturated carbocycles. The van der Waals surface area contributed by atoms with E-state index in [-0.39, 0.29) is 5.41 Å². The number of rotatable bonds is 2. The Morgan fingerprint density at radius 3 is 2.13 bits per heavy atom. The Hall–Kier alpha value is -3.83. The SMILES string of the molecule is [C-]#[N+]c1ccc(-n2c3ccccc3c3ccc(-c4cccc(C(C)(C)C)c4)cc32)cc1. The van der Waals surface area contributed by atoms with E-state index in [2.05, 4.69) is 96.9 Å². The Morgan fingerprint density at radius 1 is 0.677 bits per heavy atom. The lowest BCUT2D eigenvalue weighted by Gasteiger charge is -2.20. The van der Waals surface area contributed by atoms with Crippen molar-refractivity contribution in [3.05, 3.63) is 108 Å². The van der Waals surface area contributed by atoms with Crippen molar-refractivity contribution >= 4 is 27.5 Å². The van der Waals surface area contributed by atoms with E-state index in [1.54, 1.807) is 0 Å². The van der Waals surface area contributed by atoms with E-state index in [9.17, 15) is 0 Å². The van der Waals surface area contributed by atoms with Gasteiger partial charge in [0, 0.05) is 16.5 Å². The number of fused-ring (bicyclic) bond motifs is 3. The first-order valence-electron chi connectivity index (χ1n) is 10.6. The van der Waals surface area contributed by atoms with Gasteiger partial charge >= 0.3 is 0 Å². The maximum Gasteiger partial charge on any atom is 0.187 e. The predicted octanol–water partition coefficient (Wildman–Crippen LogP) is 8.30. The summed E-state index contributed by atoms with van der Waals surface area (Å²) in [5.41, 5.74) is 7.96. The highest BCUT2D eigenvalue weighted by Gasteiger charge is 2.16. The van der Waals surface area contributed by atoms with E-state index in [0.29, 0.717) is 5.69 Å². The van der Waals surface area contributed by atoms with Gasteiger partial charge < -0.3 is 4.57 Å². The fourth-order valence-electron chi connectivity index (χ4n) is 4.27. The summed E-state index contributed by atoms with van der Waals surface area (Å²) in [4.78, 5) is 3.54. The smallest absolute Gasteiger partial charge is 0.187 e. The number of para-hydroxylation sites is 1. The molecule has 0 atom stereocenters. The van der Waals surface area contributed by atoms with Gasteiger partial charge in [-0.3, -0.25) is 0 Å². The van der Waals surface area contributed by atoms with Gasteiger partial charge in [-0.15, -0.1) is 0 Å². The van der Waals surface area contributed by atoms with E-state index >= 15 is 0 Å². The zero-order valence-corrected chi connectivity index (χ0v) is 18.1. The van der Waals surface area contributed by atoms with Crippen LogP contribution in [-0.2, 0) is 5.41 Å². The fourth-order valence-corrected chi connectivity index (χ4v) is 4.27. The quantitative estimate of drug-likeness (QED) is 0.264. The molecule has 0 aliphatic heterocycles. The molecule has 0 aliphatic rings. The summed E-state index contributed by atoms with van der Waals surface area (Å²) >= 11 is 0. The molecule has 0 N–H and O–H groups in total. The van der Waals surface area contributed by atoms with Crippen molar-refractivity contribution < 1.29 is 0 Å². The molecule has 4 aromatic carbocycles. The van der Waals surface area contributed by atoms with Gasteiger partial charge in [0.05, 0.1) is 17.6 Å². The number of hydrogen-bond donors (Lipinski definition) is 0. The number of benzene rings is 4. The zero-order valence-electron chi connectivity index (χ0n) is 18.1. The summed E-state index contributed by atoms with van der Waals surface area (Å²) in [5, 5.41) is 2.47. The van der Waals surface area contributed by atoms with Crippen LogP contribution in [0.25, 0.3) is 43.5 Å². The van der Waals surface area contributed by atoms with Crippen molar-refractivity contribution in [2.75, 3.05) is 0 Å². The van der Waals surface area contributed by atoms with Gasteiger partial charge in [-0.2, -0.15) is 0 Å². The molecule has 31 heavy (non-hydrogen) atoms. The molecule has 0 aliphatic carbocycles. The minimum atomic E-state index is 0.111. The van der Waals surface area contributed by atoms with E-state index in [1.807, 2.05) is 24.3 Å². The molecule has 5 aromatic rings. The van der Waals surface area contributed by atoms with Crippen molar-refractivity contribution in [3.63, 3.8) is 0 Å². The molecule has 0 saturated heterocycles. The highest BCUT2D eigenvalue weighted by atomic mass is 15.0. The Morgan fingerprint density at radius 2 is 1.39 bits per heavy atom. The average molecular weight is 401 g/mol. The second-order valence-electron chi connectivity index (χ2n) is 9.04. The van der Waals surface area contributed by atoms with Gasteiger partial charge in [0.1, 0.15) is 0 Å². The van der Waals surface area contributed by atoms with Crippen LogP contribution in [0, 0.1) is 6.57 Å². The van der Waals surface area contributed by atoms with Gasteiger partial charge in [0.15, 0.2) is 5.69 Å². The fraction of sp³-hybridized carbons (Fsp3) is 0.138. The topological polar surface area (TPSA) is 9.29 Å². The van der Waals surface area contributed by atoms with Crippen molar-refractivity contribution in [3.8, 4) is 16.8 Å². The number of nitrogens with zero attached hydrogens (tertiary/aromatic N) is 2. The third kappa shape index (κ3) is 3.29. The summed E-state index contributed by atoms with van der Waals surface area (Å²) in [6.45, 7) is 14.0. The third-order valence-corrected chi connectivity index (χ3v) is 5.97. The molecule has 0 radical (unpaired) electrons. The predicted molar refractivity (Wildman–Crippen MR) is 131 cm³/mol. The van der Waals surface area contributed by atoms with Gasteiger partial charge in [-0.1, -0.05) is 87.5 Å². The Balaban J connectivity index is 1.77. The van der Waals surface area contributed by atoms with Crippen LogP contribution in [0.5, 0.6) is 0 Å². The number of aromatic nitrogens is 1. The molecule has 5 rings (SSSR count). The summed E-state index contributed by atoms with van der Waals surface area (Å²) in [6.07, 6.45) is 0. The Labute approximate surface area is 183 Å². The molecule has 2 nitrogen and oxygen atoms in total. The molecule has 0 unspecified atom stereocenters. The van der Waals surface area contributed by atoms with E-state index in [1.165, 1.54) is 38.5 Å². The molecular formula is C29H24N2. The second kappa shape index (κ2) is 7.15. The highest BCUT2D eigenvalue weighted by Crippen LogP contribution is 2.36. The maximum absolute atomic E-state index is 7.25. The van der Waals surface area contributed by atoms with Crippen molar-refractivity contribution in [1.29, 1.82) is 0 Å². The molecule has 2 heteroatoms. The maximum atomic E-state index is 7.25. The molecule has 0 bridgehead atoms. The minimum Gasteiger partial charge on any atom is -0.309 e. The zero-order chi connectivity index (χ0) is 21.6. The lowest BCUT2D eigenvalue weighted by molar-refractivity contribution is 0.590. The first-order chi connectivity index (χ1) is 15.0. The molecule has 150 valence electrons. The first-order valence-corrected chi connectivity index (χ1v) is 10.6. The van der Waals surface area contributed by atoms with Gasteiger partial charge in [-0.05, 0) is 46.4 Å². The molecule has 0 amide bonds. The van der Waals surface area contributed by atoms with Crippen LogP contribution in [0.1, 0.15) is 26.3 Å². The van der Waals surface area contributed by atoms with E-state index in [4.69, 9.17) is 6.57 Å². The Bertz CT molecular complexity index is 1460. The second-order valence-corrected chi connectivity index (χ2v) is 9.04. The lowest BCUT2D eigenvalue weighted by atomic mass is 9.85. The van der Waals surface area contributed by atoms with E-state index < -0.39 is 0 Å². The minimum absolute atomic E-state index is 0.111. The van der Waals surface area contributed by atoms with Crippen LogP contribution in [0.2, 0.25) is 0 Å².